The van der Waals surface area contributed by atoms with Crippen LogP contribution in [0.3, 0.4) is 0 Å². The van der Waals surface area contributed by atoms with Crippen LogP contribution in [0.15, 0.2) is 24.3 Å². The first-order valence-electron chi connectivity index (χ1n) is 5.77. The van der Waals surface area contributed by atoms with Crippen molar-refractivity contribution < 1.29 is 14.8 Å². The number of aliphatic hydroxyl groups is 1. The average molecular weight is 250 g/mol. The van der Waals surface area contributed by atoms with Gasteiger partial charge in [-0.25, -0.2) is 0 Å². The fraction of sp³-hybridized carbons (Fsp3) is 0.417. The molecule has 1 N–H and O–H groups in total. The molecule has 0 saturated carbocycles. The fourth-order valence-electron chi connectivity index (χ4n) is 2.22. The number of nitrogens with zero attached hydrogens (tertiary/aromatic N) is 2. The first-order valence-corrected chi connectivity index (χ1v) is 5.77. The molecule has 1 amide bonds. The monoisotopic (exact) mass is 250 g/mol. The molecular formula is C12H14N2O4. The van der Waals surface area contributed by atoms with Crippen molar-refractivity contribution in [3.63, 3.8) is 0 Å². The smallest absolute Gasteiger partial charge is 0.269 e. The van der Waals surface area contributed by atoms with Crippen LogP contribution in [0.4, 0.5) is 5.69 Å². The van der Waals surface area contributed by atoms with Crippen LogP contribution < -0.4 is 0 Å². The highest BCUT2D eigenvalue weighted by Gasteiger charge is 2.32. The van der Waals surface area contributed by atoms with Gasteiger partial charge in [0.15, 0.2) is 0 Å². The van der Waals surface area contributed by atoms with Crippen molar-refractivity contribution in [2.24, 2.45) is 0 Å². The maximum Gasteiger partial charge on any atom is 0.269 e. The summed E-state index contributed by atoms with van der Waals surface area (Å²) in [6.45, 7) is 0.933. The van der Waals surface area contributed by atoms with Crippen LogP contribution in [0.2, 0.25) is 0 Å². The van der Waals surface area contributed by atoms with Crippen LogP contribution in [0, 0.1) is 10.1 Å². The highest BCUT2D eigenvalue weighted by Crippen LogP contribution is 2.29. The molecule has 1 aliphatic rings. The number of β-amino-alcohol motifs (C(OH)–C–C–N with tert-alkyl or cyclic N) is 1. The second kappa shape index (κ2) is 5.14. The van der Waals surface area contributed by atoms with E-state index in [-0.39, 0.29) is 24.1 Å². The van der Waals surface area contributed by atoms with E-state index in [0.717, 1.165) is 5.56 Å². The molecule has 1 saturated heterocycles. The van der Waals surface area contributed by atoms with E-state index < -0.39 is 4.92 Å². The molecule has 0 spiro atoms. The molecule has 1 aliphatic heterocycles. The highest BCUT2D eigenvalue weighted by molar-refractivity contribution is 5.85. The van der Waals surface area contributed by atoms with Gasteiger partial charge < -0.3 is 10.0 Å². The van der Waals surface area contributed by atoms with Crippen molar-refractivity contribution in [3.05, 3.63) is 39.9 Å². The van der Waals surface area contributed by atoms with E-state index >= 15 is 0 Å². The standard InChI is InChI=1S/C12H14N2O4/c15-8-7-13-6-5-11(12(13)16)9-1-3-10(4-2-9)14(17)18/h1-4,11,15H,5-8H2. The third kappa shape index (κ3) is 2.33. The Morgan fingerprint density at radius 2 is 2.06 bits per heavy atom. The number of hydrogen-bond acceptors (Lipinski definition) is 4. The van der Waals surface area contributed by atoms with Crippen molar-refractivity contribution in [1.29, 1.82) is 0 Å². The average Bonchev–Trinajstić information content (AvgIpc) is 2.72. The van der Waals surface area contributed by atoms with Crippen LogP contribution in [-0.4, -0.2) is 40.5 Å². The second-order valence-electron chi connectivity index (χ2n) is 4.24. The minimum atomic E-state index is -0.460. The Morgan fingerprint density at radius 3 is 2.61 bits per heavy atom. The summed E-state index contributed by atoms with van der Waals surface area (Å²) in [6.07, 6.45) is 0.691. The van der Waals surface area contributed by atoms with Gasteiger partial charge in [0.05, 0.1) is 17.4 Å². The molecule has 1 unspecified atom stereocenters. The molecular weight excluding hydrogens is 236 g/mol. The molecule has 1 aromatic rings. The highest BCUT2D eigenvalue weighted by atomic mass is 16.6. The lowest BCUT2D eigenvalue weighted by molar-refractivity contribution is -0.384. The maximum atomic E-state index is 12.0. The summed E-state index contributed by atoms with van der Waals surface area (Å²) < 4.78 is 0. The quantitative estimate of drug-likeness (QED) is 0.635. The topological polar surface area (TPSA) is 83.7 Å². The van der Waals surface area contributed by atoms with Crippen molar-refractivity contribution in [2.45, 2.75) is 12.3 Å². The van der Waals surface area contributed by atoms with E-state index in [1.807, 2.05) is 0 Å². The Hall–Kier alpha value is -1.95. The number of non-ortho nitro benzene ring substituents is 1. The largest absolute Gasteiger partial charge is 0.395 e. The number of aliphatic hydroxyl groups excluding tert-OH is 1. The zero-order valence-corrected chi connectivity index (χ0v) is 9.78. The second-order valence-corrected chi connectivity index (χ2v) is 4.24. The van der Waals surface area contributed by atoms with E-state index in [1.165, 1.54) is 12.1 Å². The summed E-state index contributed by atoms with van der Waals surface area (Å²) in [5, 5.41) is 19.4. The van der Waals surface area contributed by atoms with Gasteiger partial charge in [0.1, 0.15) is 0 Å². The van der Waals surface area contributed by atoms with Gasteiger partial charge >= 0.3 is 0 Å². The summed E-state index contributed by atoms with van der Waals surface area (Å²) in [7, 11) is 0. The van der Waals surface area contributed by atoms with E-state index in [1.54, 1.807) is 17.0 Å². The Morgan fingerprint density at radius 1 is 1.39 bits per heavy atom. The molecule has 0 aliphatic carbocycles. The van der Waals surface area contributed by atoms with Gasteiger partial charge in [-0.05, 0) is 12.0 Å². The minimum Gasteiger partial charge on any atom is -0.395 e. The Bertz CT molecular complexity index is 458. The zero-order valence-electron chi connectivity index (χ0n) is 9.78. The Kier molecular flexibility index (Phi) is 3.57. The van der Waals surface area contributed by atoms with Gasteiger partial charge in [0.25, 0.3) is 5.69 Å². The number of rotatable bonds is 4. The van der Waals surface area contributed by atoms with E-state index in [0.29, 0.717) is 19.5 Å². The molecule has 0 bridgehead atoms. The van der Waals surface area contributed by atoms with E-state index in [9.17, 15) is 14.9 Å². The Balaban J connectivity index is 2.13. The minimum absolute atomic E-state index is 0.0158. The molecule has 6 nitrogen and oxygen atoms in total. The lowest BCUT2D eigenvalue weighted by Crippen LogP contribution is -2.29. The van der Waals surface area contributed by atoms with Gasteiger partial charge in [0.2, 0.25) is 5.91 Å². The number of hydrogen-bond donors (Lipinski definition) is 1. The van der Waals surface area contributed by atoms with Crippen molar-refractivity contribution >= 4 is 11.6 Å². The first-order chi connectivity index (χ1) is 8.63. The van der Waals surface area contributed by atoms with E-state index in [4.69, 9.17) is 5.11 Å². The molecule has 96 valence electrons. The van der Waals surface area contributed by atoms with Crippen LogP contribution in [0.5, 0.6) is 0 Å². The maximum absolute atomic E-state index is 12.0. The number of likely N-dealkylation sites (tertiary alicyclic amines) is 1. The van der Waals surface area contributed by atoms with Crippen molar-refractivity contribution in [3.8, 4) is 0 Å². The van der Waals surface area contributed by atoms with Crippen LogP contribution >= 0.6 is 0 Å². The molecule has 1 fully saturated rings. The van der Waals surface area contributed by atoms with Gasteiger partial charge in [-0.3, -0.25) is 14.9 Å². The normalized spacial score (nSPS) is 19.3. The van der Waals surface area contributed by atoms with E-state index in [2.05, 4.69) is 0 Å². The number of carbonyl (C=O) groups excluding carboxylic acids is 1. The SMILES string of the molecule is O=C1C(c2ccc([N+](=O)[O-])cc2)CCN1CCO. The number of nitro groups is 1. The fourth-order valence-corrected chi connectivity index (χ4v) is 2.22. The molecule has 2 rings (SSSR count). The molecule has 0 radical (unpaired) electrons. The van der Waals surface area contributed by atoms with Gasteiger partial charge in [-0.15, -0.1) is 0 Å². The number of carbonyl (C=O) groups is 1. The zero-order chi connectivity index (χ0) is 13.1. The molecule has 1 aromatic carbocycles. The van der Waals surface area contributed by atoms with Gasteiger partial charge in [-0.1, -0.05) is 12.1 Å². The first kappa shape index (κ1) is 12.5. The summed E-state index contributed by atoms with van der Waals surface area (Å²) in [5.74, 6) is -0.254. The molecule has 0 aromatic heterocycles. The molecule has 1 heterocycles. The van der Waals surface area contributed by atoms with Crippen LogP contribution in [-0.2, 0) is 4.79 Å². The predicted octanol–water partition coefficient (Wildman–Crippen LogP) is 0.903. The molecule has 18 heavy (non-hydrogen) atoms. The molecule has 1 atom stereocenters. The van der Waals surface area contributed by atoms with Gasteiger partial charge in [0, 0.05) is 25.2 Å². The summed E-state index contributed by atoms with van der Waals surface area (Å²) in [5.41, 5.74) is 0.822. The third-order valence-electron chi connectivity index (χ3n) is 3.17. The number of benzene rings is 1. The summed E-state index contributed by atoms with van der Waals surface area (Å²) in [4.78, 5) is 23.7. The third-order valence-corrected chi connectivity index (χ3v) is 3.17. The van der Waals surface area contributed by atoms with Crippen molar-refractivity contribution in [1.82, 2.24) is 4.90 Å². The van der Waals surface area contributed by atoms with Crippen molar-refractivity contribution in [2.75, 3.05) is 19.7 Å². The predicted molar refractivity (Wildman–Crippen MR) is 64.1 cm³/mol. The van der Waals surface area contributed by atoms with Gasteiger partial charge in [-0.2, -0.15) is 0 Å². The summed E-state index contributed by atoms with van der Waals surface area (Å²) in [6, 6.07) is 6.08. The molecule has 6 heteroatoms. The van der Waals surface area contributed by atoms with Crippen LogP contribution in [0.25, 0.3) is 0 Å². The lowest BCUT2D eigenvalue weighted by Gasteiger charge is -2.14. The summed E-state index contributed by atoms with van der Waals surface area (Å²) >= 11 is 0. The number of nitro benzene ring substituents is 1. The Labute approximate surface area is 104 Å². The number of amides is 1. The van der Waals surface area contributed by atoms with Crippen LogP contribution in [0.1, 0.15) is 17.9 Å². The lowest BCUT2D eigenvalue weighted by atomic mass is 9.97.